The molecule has 8 heteroatoms. The smallest absolute Gasteiger partial charge is 0.221 e. The quantitative estimate of drug-likeness (QED) is 0.358. The lowest BCUT2D eigenvalue weighted by atomic mass is 10.1. The van der Waals surface area contributed by atoms with Crippen molar-refractivity contribution in [1.82, 2.24) is 20.2 Å². The zero-order valence-electron chi connectivity index (χ0n) is 17.4. The van der Waals surface area contributed by atoms with Crippen LogP contribution in [-0.2, 0) is 4.79 Å². The SMILES string of the molecule is CC(=O)Nc1ccc(Sc2nc(Nc3cc(C)[nH]n3)cc(-c3cccc(C)c3)n2)cc1. The maximum atomic E-state index is 11.2. The van der Waals surface area contributed by atoms with Crippen LogP contribution < -0.4 is 10.6 Å². The predicted molar refractivity (Wildman–Crippen MR) is 124 cm³/mol. The van der Waals surface area contributed by atoms with E-state index in [1.807, 2.05) is 55.5 Å². The molecule has 4 rings (SSSR count). The van der Waals surface area contributed by atoms with Crippen LogP contribution >= 0.6 is 11.8 Å². The Morgan fingerprint density at radius 2 is 1.77 bits per heavy atom. The first-order valence-corrected chi connectivity index (χ1v) is 10.6. The molecule has 0 aliphatic heterocycles. The van der Waals surface area contributed by atoms with Crippen LogP contribution in [0.15, 0.2) is 70.7 Å². The van der Waals surface area contributed by atoms with Gasteiger partial charge >= 0.3 is 0 Å². The minimum Gasteiger partial charge on any atom is -0.326 e. The van der Waals surface area contributed by atoms with E-state index in [1.165, 1.54) is 18.7 Å². The number of H-pyrrole nitrogens is 1. The van der Waals surface area contributed by atoms with Crippen LogP contribution in [0.2, 0.25) is 0 Å². The third-order valence-corrected chi connectivity index (χ3v) is 5.24. The Bertz CT molecular complexity index is 1220. The number of anilines is 3. The first kappa shape index (κ1) is 20.6. The minimum atomic E-state index is -0.0982. The molecule has 0 unspecified atom stereocenters. The average molecular weight is 431 g/mol. The third kappa shape index (κ3) is 5.49. The number of benzene rings is 2. The van der Waals surface area contributed by atoms with Gasteiger partial charge in [-0.15, -0.1) is 0 Å². The van der Waals surface area contributed by atoms with Gasteiger partial charge in [-0.25, -0.2) is 9.97 Å². The molecule has 7 nitrogen and oxygen atoms in total. The molecule has 2 aromatic heterocycles. The first-order valence-electron chi connectivity index (χ1n) is 9.75. The van der Waals surface area contributed by atoms with E-state index in [1.54, 1.807) is 0 Å². The summed E-state index contributed by atoms with van der Waals surface area (Å²) in [6.45, 7) is 5.49. The second-order valence-corrected chi connectivity index (χ2v) is 8.20. The Balaban J connectivity index is 1.66. The fourth-order valence-corrected chi connectivity index (χ4v) is 3.79. The summed E-state index contributed by atoms with van der Waals surface area (Å²) in [5.41, 5.74) is 4.72. The Morgan fingerprint density at radius 3 is 2.45 bits per heavy atom. The molecule has 0 atom stereocenters. The van der Waals surface area contributed by atoms with Crippen molar-refractivity contribution in [3.05, 3.63) is 71.9 Å². The van der Waals surface area contributed by atoms with E-state index in [-0.39, 0.29) is 5.91 Å². The van der Waals surface area contributed by atoms with Crippen LogP contribution in [0, 0.1) is 13.8 Å². The topological polar surface area (TPSA) is 95.6 Å². The monoisotopic (exact) mass is 430 g/mol. The fourth-order valence-electron chi connectivity index (χ4n) is 3.02. The molecule has 0 aliphatic carbocycles. The molecule has 0 saturated carbocycles. The van der Waals surface area contributed by atoms with Gasteiger partial charge in [-0.05, 0) is 55.9 Å². The Morgan fingerprint density at radius 1 is 0.968 bits per heavy atom. The van der Waals surface area contributed by atoms with E-state index >= 15 is 0 Å². The number of nitrogens with zero attached hydrogens (tertiary/aromatic N) is 3. The number of carbonyl (C=O) groups excluding carboxylic acids is 1. The molecule has 4 aromatic rings. The minimum absolute atomic E-state index is 0.0982. The number of aromatic amines is 1. The third-order valence-electron chi connectivity index (χ3n) is 4.37. The van der Waals surface area contributed by atoms with E-state index in [0.29, 0.717) is 16.8 Å². The average Bonchev–Trinajstić information content (AvgIpc) is 3.13. The molecule has 0 saturated heterocycles. The number of hydrogen-bond donors (Lipinski definition) is 3. The lowest BCUT2D eigenvalue weighted by Gasteiger charge is -2.10. The van der Waals surface area contributed by atoms with Crippen LogP contribution in [0.3, 0.4) is 0 Å². The number of amides is 1. The Labute approximate surface area is 184 Å². The molecule has 0 bridgehead atoms. The van der Waals surface area contributed by atoms with Gasteiger partial charge in [-0.1, -0.05) is 23.8 Å². The summed E-state index contributed by atoms with van der Waals surface area (Å²) >= 11 is 1.46. The number of carbonyl (C=O) groups is 1. The Hall–Kier alpha value is -3.65. The Kier molecular flexibility index (Phi) is 5.99. The molecular formula is C23H22N6OS. The highest BCUT2D eigenvalue weighted by molar-refractivity contribution is 7.99. The molecule has 0 radical (unpaired) electrons. The molecule has 0 aliphatic rings. The van der Waals surface area contributed by atoms with E-state index in [2.05, 4.69) is 44.9 Å². The fraction of sp³-hybridized carbons (Fsp3) is 0.130. The van der Waals surface area contributed by atoms with Crippen LogP contribution in [0.25, 0.3) is 11.3 Å². The molecule has 0 spiro atoms. The van der Waals surface area contributed by atoms with Crippen molar-refractivity contribution >= 4 is 35.0 Å². The van der Waals surface area contributed by atoms with Gasteiger partial charge in [0.1, 0.15) is 5.82 Å². The van der Waals surface area contributed by atoms with Gasteiger partial charge in [0.05, 0.1) is 5.69 Å². The molecule has 2 heterocycles. The number of hydrogen-bond acceptors (Lipinski definition) is 6. The predicted octanol–water partition coefficient (Wildman–Crippen LogP) is 5.34. The summed E-state index contributed by atoms with van der Waals surface area (Å²) in [5.74, 6) is 1.26. The van der Waals surface area contributed by atoms with Crippen molar-refractivity contribution in [2.45, 2.75) is 30.8 Å². The van der Waals surface area contributed by atoms with Crippen molar-refractivity contribution in [2.24, 2.45) is 0 Å². The number of rotatable bonds is 6. The molecular weight excluding hydrogens is 408 g/mol. The van der Waals surface area contributed by atoms with Gasteiger partial charge in [-0.2, -0.15) is 5.10 Å². The molecule has 1 amide bonds. The van der Waals surface area contributed by atoms with Crippen LogP contribution in [0.1, 0.15) is 18.2 Å². The molecule has 156 valence electrons. The highest BCUT2D eigenvalue weighted by Gasteiger charge is 2.10. The lowest BCUT2D eigenvalue weighted by Crippen LogP contribution is -2.05. The number of aryl methyl sites for hydroxylation is 2. The van der Waals surface area contributed by atoms with E-state index < -0.39 is 0 Å². The van der Waals surface area contributed by atoms with Gasteiger partial charge in [-0.3, -0.25) is 9.89 Å². The normalized spacial score (nSPS) is 10.7. The molecule has 3 N–H and O–H groups in total. The van der Waals surface area contributed by atoms with Gasteiger partial charge < -0.3 is 10.6 Å². The van der Waals surface area contributed by atoms with Gasteiger partial charge in [0, 0.05) is 40.9 Å². The maximum absolute atomic E-state index is 11.2. The summed E-state index contributed by atoms with van der Waals surface area (Å²) in [7, 11) is 0. The summed E-state index contributed by atoms with van der Waals surface area (Å²) in [5, 5.41) is 13.8. The van der Waals surface area contributed by atoms with Crippen molar-refractivity contribution < 1.29 is 4.79 Å². The summed E-state index contributed by atoms with van der Waals surface area (Å²) < 4.78 is 0. The highest BCUT2D eigenvalue weighted by Crippen LogP contribution is 2.30. The summed E-state index contributed by atoms with van der Waals surface area (Å²) in [6.07, 6.45) is 0. The van der Waals surface area contributed by atoms with Crippen LogP contribution in [0.5, 0.6) is 0 Å². The number of aromatic nitrogens is 4. The largest absolute Gasteiger partial charge is 0.326 e. The van der Waals surface area contributed by atoms with Crippen LogP contribution in [0.4, 0.5) is 17.3 Å². The van der Waals surface area contributed by atoms with Crippen molar-refractivity contribution in [3.63, 3.8) is 0 Å². The van der Waals surface area contributed by atoms with Crippen LogP contribution in [-0.4, -0.2) is 26.1 Å². The maximum Gasteiger partial charge on any atom is 0.221 e. The second-order valence-electron chi connectivity index (χ2n) is 7.16. The zero-order chi connectivity index (χ0) is 21.8. The van der Waals surface area contributed by atoms with Gasteiger partial charge in [0.15, 0.2) is 11.0 Å². The first-order chi connectivity index (χ1) is 14.9. The van der Waals surface area contributed by atoms with E-state index in [9.17, 15) is 4.79 Å². The standard InChI is InChI=1S/C23H22N6OS/c1-14-5-4-6-17(11-14)20-13-21(26-22-12-15(2)28-29-22)27-23(25-20)31-19-9-7-18(8-10-19)24-16(3)30/h4-13H,1-3H3,(H,24,30)(H2,25,26,27,28,29). The summed E-state index contributed by atoms with van der Waals surface area (Å²) in [6, 6.07) is 19.6. The summed E-state index contributed by atoms with van der Waals surface area (Å²) in [4.78, 5) is 21.6. The molecule has 31 heavy (non-hydrogen) atoms. The highest BCUT2D eigenvalue weighted by atomic mass is 32.2. The van der Waals surface area contributed by atoms with Crippen molar-refractivity contribution in [1.29, 1.82) is 0 Å². The zero-order valence-corrected chi connectivity index (χ0v) is 18.2. The molecule has 2 aromatic carbocycles. The van der Waals surface area contributed by atoms with E-state index in [0.717, 1.165) is 33.1 Å². The number of nitrogens with one attached hydrogen (secondary N) is 3. The second kappa shape index (κ2) is 9.01. The lowest BCUT2D eigenvalue weighted by molar-refractivity contribution is -0.114. The van der Waals surface area contributed by atoms with Crippen molar-refractivity contribution in [2.75, 3.05) is 10.6 Å². The van der Waals surface area contributed by atoms with Gasteiger partial charge in [0.2, 0.25) is 5.91 Å². The van der Waals surface area contributed by atoms with Crippen molar-refractivity contribution in [3.8, 4) is 11.3 Å². The van der Waals surface area contributed by atoms with Gasteiger partial charge in [0.25, 0.3) is 0 Å². The van der Waals surface area contributed by atoms with E-state index in [4.69, 9.17) is 4.98 Å². The molecule has 0 fully saturated rings.